The Balaban J connectivity index is 1.60. The third-order valence-electron chi connectivity index (χ3n) is 8.17. The van der Waals surface area contributed by atoms with Gasteiger partial charge in [0.15, 0.2) is 25.2 Å². The van der Waals surface area contributed by atoms with E-state index in [0.717, 1.165) is 0 Å². The maximum atomic E-state index is 11.5. The average molecular weight is 661 g/mol. The van der Waals surface area contributed by atoms with Crippen LogP contribution in [-0.4, -0.2) is 199 Å². The van der Waals surface area contributed by atoms with Gasteiger partial charge in [-0.15, -0.1) is 6.58 Å². The molecule has 262 valence electrons. The van der Waals surface area contributed by atoms with Crippen LogP contribution in [0.2, 0.25) is 0 Å². The van der Waals surface area contributed by atoms with Crippen LogP contribution in [-0.2, 0) is 37.9 Å². The third kappa shape index (κ3) is 7.67. The van der Waals surface area contributed by atoms with E-state index in [-0.39, 0.29) is 6.61 Å². The molecule has 0 spiro atoms. The molecule has 45 heavy (non-hydrogen) atoms. The molecule has 0 saturated carbocycles. The maximum absolute atomic E-state index is 11.5. The van der Waals surface area contributed by atoms with Gasteiger partial charge in [0.1, 0.15) is 85.5 Å². The number of aliphatic hydroxyl groups is 11. The van der Waals surface area contributed by atoms with Gasteiger partial charge in [-0.25, -0.2) is 0 Å². The third-order valence-corrected chi connectivity index (χ3v) is 8.17. The van der Waals surface area contributed by atoms with Gasteiger partial charge < -0.3 is 94.1 Å². The maximum Gasteiger partial charge on any atom is 0.187 e. The average Bonchev–Trinajstić information content (AvgIpc) is 3.30. The van der Waals surface area contributed by atoms with Crippen LogP contribution in [0.4, 0.5) is 0 Å². The number of hydrogen-bond acceptors (Lipinski definition) is 19. The Morgan fingerprint density at radius 1 is 0.511 bits per heavy atom. The van der Waals surface area contributed by atoms with Crippen LogP contribution in [0.15, 0.2) is 12.7 Å². The Morgan fingerprint density at radius 2 is 0.933 bits per heavy atom. The van der Waals surface area contributed by atoms with Crippen LogP contribution in [0.3, 0.4) is 0 Å². The first-order chi connectivity index (χ1) is 21.4. The highest BCUT2D eigenvalue weighted by atomic mass is 16.8. The van der Waals surface area contributed by atoms with Gasteiger partial charge in [0, 0.05) is 0 Å². The van der Waals surface area contributed by atoms with E-state index >= 15 is 0 Å². The van der Waals surface area contributed by atoms with Crippen molar-refractivity contribution in [1.82, 2.24) is 0 Å². The minimum absolute atomic E-state index is 0.0981. The molecule has 19 heteroatoms. The van der Waals surface area contributed by atoms with Crippen molar-refractivity contribution < 1.29 is 94.1 Å². The van der Waals surface area contributed by atoms with Crippen LogP contribution < -0.4 is 0 Å². The summed E-state index contributed by atoms with van der Waals surface area (Å²) < 4.78 is 45.2. The van der Waals surface area contributed by atoms with E-state index in [2.05, 4.69) is 6.58 Å². The van der Waals surface area contributed by atoms with Crippen LogP contribution in [0.25, 0.3) is 0 Å². The predicted molar refractivity (Wildman–Crippen MR) is 140 cm³/mol. The first-order valence-corrected chi connectivity index (χ1v) is 14.5. The molecule has 4 fully saturated rings. The summed E-state index contributed by atoms with van der Waals surface area (Å²) in [5.41, 5.74) is 0. The highest BCUT2D eigenvalue weighted by Crippen LogP contribution is 2.35. The molecule has 0 bridgehead atoms. The Bertz CT molecular complexity index is 929. The molecule has 0 aromatic heterocycles. The zero-order chi connectivity index (χ0) is 33.2. The fourth-order valence-corrected chi connectivity index (χ4v) is 5.56. The lowest BCUT2D eigenvalue weighted by molar-refractivity contribution is -0.391. The lowest BCUT2D eigenvalue weighted by Gasteiger charge is -2.49. The van der Waals surface area contributed by atoms with Crippen molar-refractivity contribution in [1.29, 1.82) is 0 Å². The Morgan fingerprint density at radius 3 is 1.47 bits per heavy atom. The molecule has 4 aliphatic rings. The molecular formula is C26H44O19. The summed E-state index contributed by atoms with van der Waals surface area (Å²) in [5, 5.41) is 113. The second-order valence-corrected chi connectivity index (χ2v) is 11.2. The highest BCUT2D eigenvalue weighted by molar-refractivity contribution is 4.97. The molecule has 19 atom stereocenters. The van der Waals surface area contributed by atoms with Gasteiger partial charge in [0.2, 0.25) is 0 Å². The van der Waals surface area contributed by atoms with Gasteiger partial charge in [-0.05, 0) is 6.92 Å². The summed E-state index contributed by atoms with van der Waals surface area (Å²) in [6.07, 6.45) is -28.6. The van der Waals surface area contributed by atoms with E-state index in [9.17, 15) is 56.2 Å². The van der Waals surface area contributed by atoms with Gasteiger partial charge >= 0.3 is 0 Å². The van der Waals surface area contributed by atoms with Gasteiger partial charge in [-0.3, -0.25) is 0 Å². The van der Waals surface area contributed by atoms with Gasteiger partial charge in [-0.2, -0.15) is 0 Å². The molecule has 4 rings (SSSR count). The Hall–Kier alpha value is -1.02. The molecule has 0 radical (unpaired) electrons. The summed E-state index contributed by atoms with van der Waals surface area (Å²) in [7, 11) is 0. The molecule has 4 heterocycles. The van der Waals surface area contributed by atoms with Crippen LogP contribution >= 0.6 is 0 Å². The fraction of sp³-hybridized carbons (Fsp3) is 0.923. The molecule has 4 saturated heterocycles. The fourth-order valence-electron chi connectivity index (χ4n) is 5.56. The molecule has 19 nitrogen and oxygen atoms in total. The van der Waals surface area contributed by atoms with Crippen molar-refractivity contribution in [3.63, 3.8) is 0 Å². The molecule has 0 aromatic rings. The van der Waals surface area contributed by atoms with Crippen molar-refractivity contribution in [2.24, 2.45) is 0 Å². The largest absolute Gasteiger partial charge is 0.394 e. The zero-order valence-electron chi connectivity index (χ0n) is 24.3. The lowest BCUT2D eigenvalue weighted by Crippen LogP contribution is -2.67. The molecule has 11 N–H and O–H groups in total. The van der Waals surface area contributed by atoms with Gasteiger partial charge in [0.05, 0.1) is 32.5 Å². The molecule has 0 aliphatic carbocycles. The van der Waals surface area contributed by atoms with Crippen LogP contribution in [0.5, 0.6) is 0 Å². The van der Waals surface area contributed by atoms with E-state index in [4.69, 9.17) is 37.9 Å². The molecule has 0 amide bonds. The van der Waals surface area contributed by atoms with Crippen molar-refractivity contribution in [3.05, 3.63) is 12.7 Å². The van der Waals surface area contributed by atoms with Crippen LogP contribution in [0, 0.1) is 0 Å². The zero-order valence-corrected chi connectivity index (χ0v) is 24.3. The minimum Gasteiger partial charge on any atom is -0.394 e. The smallest absolute Gasteiger partial charge is 0.187 e. The number of hydrogen-bond donors (Lipinski definition) is 11. The Labute approximate surface area is 257 Å². The summed E-state index contributed by atoms with van der Waals surface area (Å²) in [6.45, 7) is 2.73. The second kappa shape index (κ2) is 15.9. The van der Waals surface area contributed by atoms with Gasteiger partial charge in [0.25, 0.3) is 0 Å². The van der Waals surface area contributed by atoms with Crippen LogP contribution in [0.1, 0.15) is 6.92 Å². The Kier molecular flexibility index (Phi) is 13.0. The molecule has 0 aromatic carbocycles. The number of aliphatic hydroxyl groups excluding tert-OH is 11. The van der Waals surface area contributed by atoms with Crippen molar-refractivity contribution in [2.45, 2.75) is 124 Å². The summed E-state index contributed by atoms with van der Waals surface area (Å²) >= 11 is 0. The molecule has 0 unspecified atom stereocenters. The van der Waals surface area contributed by atoms with Crippen molar-refractivity contribution in [2.75, 3.05) is 26.4 Å². The number of ether oxygens (including phenoxy) is 8. The number of rotatable bonds is 12. The predicted octanol–water partition coefficient (Wildman–Crippen LogP) is -6.87. The first kappa shape index (κ1) is 36.8. The SMILES string of the molecule is C=CCO[C@H]1O[C@H](CO)[C@@H](O)[C@H](O)[C@H]1O[C@@H]1O[C@@H](C)[C@H](O[C@@H]2O[C@@H](CO)[C@H](O)[C@H]2O)[C@@H](O[C@@H]2O[C@H](CO)[C@@H](O)[C@H](O)[C@H]2O)[C@H]1O. The van der Waals surface area contributed by atoms with E-state index < -0.39 is 137 Å². The highest BCUT2D eigenvalue weighted by Gasteiger charge is 2.55. The first-order valence-electron chi connectivity index (χ1n) is 14.5. The topological polar surface area (TPSA) is 296 Å². The minimum atomic E-state index is -1.91. The van der Waals surface area contributed by atoms with E-state index in [0.29, 0.717) is 0 Å². The lowest BCUT2D eigenvalue weighted by atomic mass is 9.96. The summed E-state index contributed by atoms with van der Waals surface area (Å²) in [5.74, 6) is 0. The summed E-state index contributed by atoms with van der Waals surface area (Å²) in [6, 6.07) is 0. The van der Waals surface area contributed by atoms with E-state index in [1.165, 1.54) is 13.0 Å². The second-order valence-electron chi connectivity index (χ2n) is 11.2. The standard InChI is InChI=1S/C26H44O19/c1-3-4-38-26-22(16(34)13(31)10(6-28)42-26)45-25-19(37)21(44-24-18(36)15(33)12(30)9(5-27)40-24)20(8(2)39-25)43-23-17(35)14(32)11(7-29)41-23/h3,8-37H,1,4-7H2,2H3/t8-,9+,10+,11-,12+,13+,14-,15-,16-,17+,18+,19+,20-,21-,22+,23-,24-,25-,26-/m0/s1. The van der Waals surface area contributed by atoms with Crippen molar-refractivity contribution in [3.8, 4) is 0 Å². The van der Waals surface area contributed by atoms with Crippen molar-refractivity contribution >= 4 is 0 Å². The van der Waals surface area contributed by atoms with E-state index in [1.807, 2.05) is 0 Å². The van der Waals surface area contributed by atoms with E-state index in [1.54, 1.807) is 0 Å². The molecule has 4 aliphatic heterocycles. The summed E-state index contributed by atoms with van der Waals surface area (Å²) in [4.78, 5) is 0. The monoisotopic (exact) mass is 660 g/mol. The molecular weight excluding hydrogens is 616 g/mol. The quantitative estimate of drug-likeness (QED) is 0.0867. The van der Waals surface area contributed by atoms with Gasteiger partial charge in [-0.1, -0.05) is 6.08 Å². The normalized spacial score (nSPS) is 50.9.